The average Bonchev–Trinajstić information content (AvgIpc) is 2.67. The lowest BCUT2D eigenvalue weighted by Crippen LogP contribution is -2.48. The standard InChI is InChI=1S/C20H25N3O/c24-20(19-10-6-11-21-17-19)23-15-13-22(14-16-23)12-5-4-9-18-7-2-1-3-8-18/h1-3,6-8,10-11,17H,4-5,9,12-16H2. The van der Waals surface area contributed by atoms with Gasteiger partial charge in [0.05, 0.1) is 5.56 Å². The van der Waals surface area contributed by atoms with Crippen molar-refractivity contribution < 1.29 is 4.79 Å². The number of hydrogen-bond acceptors (Lipinski definition) is 3. The Bertz CT molecular complexity index is 622. The van der Waals surface area contributed by atoms with E-state index >= 15 is 0 Å². The Balaban J connectivity index is 1.36. The molecule has 0 unspecified atom stereocenters. The fourth-order valence-electron chi connectivity index (χ4n) is 3.16. The van der Waals surface area contributed by atoms with Gasteiger partial charge in [-0.25, -0.2) is 0 Å². The molecule has 1 amide bonds. The van der Waals surface area contributed by atoms with Crippen LogP contribution in [-0.2, 0) is 6.42 Å². The molecule has 1 aliphatic heterocycles. The fraction of sp³-hybridized carbons (Fsp3) is 0.400. The molecule has 126 valence electrons. The Hall–Kier alpha value is -2.20. The molecule has 0 aliphatic carbocycles. The summed E-state index contributed by atoms with van der Waals surface area (Å²) >= 11 is 0. The highest BCUT2D eigenvalue weighted by Crippen LogP contribution is 2.10. The highest BCUT2D eigenvalue weighted by atomic mass is 16.2. The molecule has 0 radical (unpaired) electrons. The molecule has 0 atom stereocenters. The van der Waals surface area contributed by atoms with Gasteiger partial charge in [0.2, 0.25) is 0 Å². The maximum Gasteiger partial charge on any atom is 0.255 e. The van der Waals surface area contributed by atoms with Gasteiger partial charge in [-0.3, -0.25) is 14.7 Å². The lowest BCUT2D eigenvalue weighted by Gasteiger charge is -2.34. The Morgan fingerprint density at radius 3 is 2.46 bits per heavy atom. The van der Waals surface area contributed by atoms with E-state index < -0.39 is 0 Å². The third kappa shape index (κ3) is 4.65. The zero-order valence-electron chi connectivity index (χ0n) is 14.1. The van der Waals surface area contributed by atoms with E-state index in [1.165, 1.54) is 18.4 Å². The smallest absolute Gasteiger partial charge is 0.255 e. The van der Waals surface area contributed by atoms with Gasteiger partial charge >= 0.3 is 0 Å². The van der Waals surface area contributed by atoms with Crippen LogP contribution in [0.1, 0.15) is 28.8 Å². The second-order valence-electron chi connectivity index (χ2n) is 6.32. The summed E-state index contributed by atoms with van der Waals surface area (Å²) in [4.78, 5) is 20.8. The summed E-state index contributed by atoms with van der Waals surface area (Å²) in [6, 6.07) is 14.3. The highest BCUT2D eigenvalue weighted by molar-refractivity contribution is 5.93. The van der Waals surface area contributed by atoms with Crippen molar-refractivity contribution in [3.63, 3.8) is 0 Å². The van der Waals surface area contributed by atoms with E-state index in [9.17, 15) is 4.79 Å². The average molecular weight is 323 g/mol. The number of pyridine rings is 1. The number of aryl methyl sites for hydroxylation is 1. The van der Waals surface area contributed by atoms with Gasteiger partial charge in [-0.1, -0.05) is 30.3 Å². The number of carbonyl (C=O) groups excluding carboxylic acids is 1. The fourth-order valence-corrected chi connectivity index (χ4v) is 3.16. The number of rotatable bonds is 6. The quantitative estimate of drug-likeness (QED) is 0.767. The summed E-state index contributed by atoms with van der Waals surface area (Å²) in [7, 11) is 0. The van der Waals surface area contributed by atoms with Crippen molar-refractivity contribution in [3.05, 3.63) is 66.0 Å². The molecular formula is C20H25N3O. The molecule has 1 fully saturated rings. The van der Waals surface area contributed by atoms with E-state index in [1.807, 2.05) is 17.0 Å². The first-order valence-corrected chi connectivity index (χ1v) is 8.78. The summed E-state index contributed by atoms with van der Waals surface area (Å²) in [5.41, 5.74) is 2.11. The predicted octanol–water partition coefficient (Wildman–Crippen LogP) is 2.86. The predicted molar refractivity (Wildman–Crippen MR) is 96.0 cm³/mol. The van der Waals surface area contributed by atoms with E-state index in [1.54, 1.807) is 12.4 Å². The summed E-state index contributed by atoms with van der Waals surface area (Å²) in [5, 5.41) is 0. The van der Waals surface area contributed by atoms with Gasteiger partial charge in [-0.2, -0.15) is 0 Å². The number of hydrogen-bond donors (Lipinski definition) is 0. The van der Waals surface area contributed by atoms with E-state index in [4.69, 9.17) is 0 Å². The van der Waals surface area contributed by atoms with Crippen molar-refractivity contribution in [1.29, 1.82) is 0 Å². The van der Waals surface area contributed by atoms with Crippen molar-refractivity contribution in [1.82, 2.24) is 14.8 Å². The maximum absolute atomic E-state index is 12.4. The van der Waals surface area contributed by atoms with Gasteiger partial charge in [-0.05, 0) is 43.5 Å². The van der Waals surface area contributed by atoms with E-state index in [-0.39, 0.29) is 5.91 Å². The minimum atomic E-state index is 0.104. The van der Waals surface area contributed by atoms with Crippen LogP contribution in [-0.4, -0.2) is 53.4 Å². The molecule has 0 saturated carbocycles. The molecule has 0 spiro atoms. The van der Waals surface area contributed by atoms with Crippen LogP contribution in [0.25, 0.3) is 0 Å². The molecule has 0 bridgehead atoms. The second-order valence-corrected chi connectivity index (χ2v) is 6.32. The Labute approximate surface area is 144 Å². The van der Waals surface area contributed by atoms with Crippen molar-refractivity contribution in [2.24, 2.45) is 0 Å². The van der Waals surface area contributed by atoms with Crippen LogP contribution in [0.4, 0.5) is 0 Å². The largest absolute Gasteiger partial charge is 0.336 e. The SMILES string of the molecule is O=C(c1cccnc1)N1CCN(CCCCc2ccccc2)CC1. The third-order valence-electron chi connectivity index (χ3n) is 4.60. The number of benzene rings is 1. The normalized spacial score (nSPS) is 15.4. The Morgan fingerprint density at radius 1 is 0.958 bits per heavy atom. The van der Waals surface area contributed by atoms with Crippen LogP contribution < -0.4 is 0 Å². The minimum Gasteiger partial charge on any atom is -0.336 e. The van der Waals surface area contributed by atoms with Gasteiger partial charge in [0, 0.05) is 38.6 Å². The first-order chi connectivity index (χ1) is 11.8. The van der Waals surface area contributed by atoms with Crippen LogP contribution in [0.5, 0.6) is 0 Å². The lowest BCUT2D eigenvalue weighted by atomic mass is 10.1. The van der Waals surface area contributed by atoms with E-state index in [2.05, 4.69) is 40.2 Å². The molecule has 2 heterocycles. The summed E-state index contributed by atoms with van der Waals surface area (Å²) in [6.45, 7) is 4.69. The minimum absolute atomic E-state index is 0.104. The number of unbranched alkanes of at least 4 members (excludes halogenated alkanes) is 1. The first-order valence-electron chi connectivity index (χ1n) is 8.78. The van der Waals surface area contributed by atoms with Gasteiger partial charge in [0.15, 0.2) is 0 Å². The number of piperazine rings is 1. The van der Waals surface area contributed by atoms with Crippen molar-refractivity contribution in [2.45, 2.75) is 19.3 Å². The topological polar surface area (TPSA) is 36.4 Å². The molecule has 0 N–H and O–H groups in total. The van der Waals surface area contributed by atoms with Crippen LogP contribution in [0.2, 0.25) is 0 Å². The highest BCUT2D eigenvalue weighted by Gasteiger charge is 2.21. The monoisotopic (exact) mass is 323 g/mol. The van der Waals surface area contributed by atoms with Crippen molar-refractivity contribution in [2.75, 3.05) is 32.7 Å². The molecule has 24 heavy (non-hydrogen) atoms. The number of nitrogens with zero attached hydrogens (tertiary/aromatic N) is 3. The lowest BCUT2D eigenvalue weighted by molar-refractivity contribution is 0.0635. The molecule has 1 aromatic heterocycles. The zero-order chi connectivity index (χ0) is 16.6. The number of amides is 1. The number of carbonyl (C=O) groups is 1. The summed E-state index contributed by atoms with van der Waals surface area (Å²) < 4.78 is 0. The van der Waals surface area contributed by atoms with Crippen molar-refractivity contribution in [3.8, 4) is 0 Å². The Morgan fingerprint density at radius 2 is 1.75 bits per heavy atom. The molecule has 2 aromatic rings. The van der Waals surface area contributed by atoms with Gasteiger partial charge < -0.3 is 4.90 Å². The van der Waals surface area contributed by atoms with Gasteiger partial charge in [0.25, 0.3) is 5.91 Å². The van der Waals surface area contributed by atoms with Gasteiger partial charge in [-0.15, -0.1) is 0 Å². The molecule has 4 nitrogen and oxygen atoms in total. The first kappa shape index (κ1) is 16.7. The molecule has 1 aromatic carbocycles. The van der Waals surface area contributed by atoms with Crippen LogP contribution in [0.15, 0.2) is 54.9 Å². The second kappa shape index (κ2) is 8.60. The number of aromatic nitrogens is 1. The molecule has 3 rings (SSSR count). The maximum atomic E-state index is 12.4. The van der Waals surface area contributed by atoms with Gasteiger partial charge in [0.1, 0.15) is 0 Å². The van der Waals surface area contributed by atoms with E-state index in [0.29, 0.717) is 5.56 Å². The Kier molecular flexibility index (Phi) is 5.96. The molecule has 1 saturated heterocycles. The molecule has 1 aliphatic rings. The zero-order valence-corrected chi connectivity index (χ0v) is 14.1. The third-order valence-corrected chi connectivity index (χ3v) is 4.60. The van der Waals surface area contributed by atoms with E-state index in [0.717, 1.165) is 39.1 Å². The van der Waals surface area contributed by atoms with Crippen molar-refractivity contribution >= 4 is 5.91 Å². The summed E-state index contributed by atoms with van der Waals surface area (Å²) in [6.07, 6.45) is 6.94. The molecule has 4 heteroatoms. The molecular weight excluding hydrogens is 298 g/mol. The van der Waals surface area contributed by atoms with Crippen LogP contribution in [0, 0.1) is 0 Å². The van der Waals surface area contributed by atoms with Crippen LogP contribution >= 0.6 is 0 Å². The van der Waals surface area contributed by atoms with Crippen LogP contribution in [0.3, 0.4) is 0 Å². The summed E-state index contributed by atoms with van der Waals surface area (Å²) in [5.74, 6) is 0.104.